The van der Waals surface area contributed by atoms with Gasteiger partial charge in [0, 0.05) is 10.2 Å². The first-order valence-electron chi connectivity index (χ1n) is 8.46. The number of hydrogen-bond donors (Lipinski definition) is 3. The Hall–Kier alpha value is -2.65. The number of hydrogen-bond acceptors (Lipinski definition) is 7. The molecule has 3 rings (SSSR count). The van der Waals surface area contributed by atoms with Gasteiger partial charge in [0.25, 0.3) is 0 Å². The zero-order valence-electron chi connectivity index (χ0n) is 15.1. The summed E-state index contributed by atoms with van der Waals surface area (Å²) in [6.07, 6.45) is 0. The van der Waals surface area contributed by atoms with Crippen LogP contribution in [-0.4, -0.2) is 26.6 Å². The number of nitrogens with two attached hydrogens (primary N) is 1. The molecule has 7 nitrogen and oxygen atoms in total. The highest BCUT2D eigenvalue weighted by atomic mass is 79.9. The van der Waals surface area contributed by atoms with Gasteiger partial charge in [-0.15, -0.1) is 11.8 Å². The number of aryl methyl sites for hydroxylation is 1. The lowest BCUT2D eigenvalue weighted by Gasteiger charge is -2.09. The van der Waals surface area contributed by atoms with E-state index in [2.05, 4.69) is 41.5 Å². The lowest BCUT2D eigenvalue weighted by atomic mass is 10.2. The predicted octanol–water partition coefficient (Wildman–Crippen LogP) is 4.14. The molecule has 0 unspecified atom stereocenters. The summed E-state index contributed by atoms with van der Waals surface area (Å²) >= 11 is 4.81. The number of rotatable bonds is 7. The third kappa shape index (κ3) is 5.67. The van der Waals surface area contributed by atoms with Gasteiger partial charge in [0.05, 0.1) is 17.2 Å². The summed E-state index contributed by atoms with van der Waals surface area (Å²) < 4.78 is 0.838. The van der Waals surface area contributed by atoms with Gasteiger partial charge < -0.3 is 16.4 Å². The largest absolute Gasteiger partial charge is 0.368 e. The molecule has 0 fully saturated rings. The molecule has 0 spiro atoms. The summed E-state index contributed by atoms with van der Waals surface area (Å²) in [5.74, 6) is 1.65. The first-order chi connectivity index (χ1) is 13.5. The third-order valence-corrected chi connectivity index (χ3v) is 5.32. The average Bonchev–Trinajstić information content (AvgIpc) is 2.65. The number of carbonyl (C=O) groups excluding carboxylic acids is 1. The summed E-state index contributed by atoms with van der Waals surface area (Å²) in [4.78, 5) is 24.8. The van der Waals surface area contributed by atoms with Crippen LogP contribution in [0.1, 0.15) is 11.4 Å². The molecule has 0 saturated heterocycles. The van der Waals surface area contributed by atoms with E-state index in [4.69, 9.17) is 5.73 Å². The van der Waals surface area contributed by atoms with Gasteiger partial charge in [-0.1, -0.05) is 30.3 Å². The fourth-order valence-electron chi connectivity index (χ4n) is 2.38. The molecule has 4 N–H and O–H groups in total. The average molecular weight is 459 g/mol. The molecule has 0 aliphatic rings. The van der Waals surface area contributed by atoms with Crippen LogP contribution in [0.5, 0.6) is 0 Å². The number of anilines is 4. The van der Waals surface area contributed by atoms with E-state index in [9.17, 15) is 4.79 Å². The predicted molar refractivity (Wildman–Crippen MR) is 118 cm³/mol. The smallest absolute Gasteiger partial charge is 0.234 e. The van der Waals surface area contributed by atoms with Crippen molar-refractivity contribution in [2.75, 3.05) is 22.1 Å². The summed E-state index contributed by atoms with van der Waals surface area (Å²) in [6.45, 7) is 1.99. The Morgan fingerprint density at radius 1 is 1.07 bits per heavy atom. The number of carbonyl (C=O) groups is 1. The molecule has 1 heterocycles. The maximum atomic E-state index is 12.1. The number of aromatic nitrogens is 3. The van der Waals surface area contributed by atoms with Gasteiger partial charge in [-0.05, 0) is 46.6 Å². The van der Waals surface area contributed by atoms with Crippen molar-refractivity contribution in [1.82, 2.24) is 15.0 Å². The molecule has 9 heteroatoms. The van der Waals surface area contributed by atoms with Crippen molar-refractivity contribution in [3.63, 3.8) is 0 Å². The van der Waals surface area contributed by atoms with Crippen LogP contribution in [0.3, 0.4) is 0 Å². The van der Waals surface area contributed by atoms with Crippen molar-refractivity contribution in [2.24, 2.45) is 0 Å². The quantitative estimate of drug-likeness (QED) is 0.488. The first kappa shape index (κ1) is 20.1. The highest BCUT2D eigenvalue weighted by Crippen LogP contribution is 2.22. The molecule has 28 heavy (non-hydrogen) atoms. The second kappa shape index (κ2) is 9.52. The van der Waals surface area contributed by atoms with Crippen molar-refractivity contribution in [2.45, 2.75) is 12.7 Å². The Balaban J connectivity index is 1.57. The molecule has 0 aliphatic heterocycles. The zero-order valence-corrected chi connectivity index (χ0v) is 17.5. The highest BCUT2D eigenvalue weighted by molar-refractivity contribution is 9.10. The number of nitrogens with one attached hydrogen (secondary N) is 2. The van der Waals surface area contributed by atoms with Crippen molar-refractivity contribution >= 4 is 56.9 Å². The third-order valence-electron chi connectivity index (χ3n) is 3.70. The van der Waals surface area contributed by atoms with Gasteiger partial charge in [0.1, 0.15) is 5.82 Å². The molecule has 1 aromatic heterocycles. The van der Waals surface area contributed by atoms with Crippen molar-refractivity contribution in [3.05, 3.63) is 64.4 Å². The number of nitrogen functional groups attached to an aromatic ring is 1. The fraction of sp³-hybridized carbons (Fsp3) is 0.158. The van der Waals surface area contributed by atoms with Crippen LogP contribution in [0.25, 0.3) is 0 Å². The SMILES string of the molecule is Cc1ccccc1Nc1nc(N)nc(CSCC(=O)Nc2ccccc2Br)n1. The maximum absolute atomic E-state index is 12.1. The minimum absolute atomic E-state index is 0.0998. The van der Waals surface area contributed by atoms with Crippen LogP contribution >= 0.6 is 27.7 Å². The van der Waals surface area contributed by atoms with E-state index < -0.39 is 0 Å². The number of halogens is 1. The minimum atomic E-state index is -0.0998. The topological polar surface area (TPSA) is 106 Å². The summed E-state index contributed by atoms with van der Waals surface area (Å²) in [5, 5.41) is 6.02. The Bertz CT molecular complexity index is 984. The minimum Gasteiger partial charge on any atom is -0.368 e. The number of amides is 1. The molecule has 0 aliphatic carbocycles. The van der Waals surface area contributed by atoms with Gasteiger partial charge in [-0.3, -0.25) is 4.79 Å². The van der Waals surface area contributed by atoms with Crippen LogP contribution in [0.15, 0.2) is 53.0 Å². The molecular weight excluding hydrogens is 440 g/mol. The van der Waals surface area contributed by atoms with Crippen LogP contribution in [-0.2, 0) is 10.5 Å². The highest BCUT2D eigenvalue weighted by Gasteiger charge is 2.09. The van der Waals surface area contributed by atoms with Gasteiger partial charge in [0.15, 0.2) is 0 Å². The Morgan fingerprint density at radius 3 is 2.54 bits per heavy atom. The number of benzene rings is 2. The van der Waals surface area contributed by atoms with Gasteiger partial charge in [-0.25, -0.2) is 0 Å². The Labute approximate surface area is 175 Å². The van der Waals surface area contributed by atoms with E-state index in [0.29, 0.717) is 17.5 Å². The van der Waals surface area contributed by atoms with Crippen molar-refractivity contribution in [1.29, 1.82) is 0 Å². The van der Waals surface area contributed by atoms with Gasteiger partial charge in [0.2, 0.25) is 17.8 Å². The van der Waals surface area contributed by atoms with Crippen LogP contribution in [0.2, 0.25) is 0 Å². The van der Waals surface area contributed by atoms with E-state index in [1.807, 2.05) is 55.5 Å². The summed E-state index contributed by atoms with van der Waals surface area (Å²) in [6, 6.07) is 15.3. The normalized spacial score (nSPS) is 10.5. The van der Waals surface area contributed by atoms with Gasteiger partial charge in [-0.2, -0.15) is 15.0 Å². The number of nitrogens with zero attached hydrogens (tertiary/aromatic N) is 3. The lowest BCUT2D eigenvalue weighted by Crippen LogP contribution is -2.15. The number of para-hydroxylation sites is 2. The summed E-state index contributed by atoms with van der Waals surface area (Å²) in [5.41, 5.74) is 8.52. The maximum Gasteiger partial charge on any atom is 0.234 e. The van der Waals surface area contributed by atoms with E-state index in [0.717, 1.165) is 21.4 Å². The molecule has 0 atom stereocenters. The monoisotopic (exact) mass is 458 g/mol. The molecule has 1 amide bonds. The number of thioether (sulfide) groups is 1. The van der Waals surface area contributed by atoms with Crippen molar-refractivity contribution < 1.29 is 4.79 Å². The zero-order chi connectivity index (χ0) is 19.9. The molecule has 3 aromatic rings. The van der Waals surface area contributed by atoms with Crippen molar-refractivity contribution in [3.8, 4) is 0 Å². The second-order valence-corrected chi connectivity index (χ2v) is 7.73. The molecule has 0 radical (unpaired) electrons. The molecular formula is C19H19BrN6OS. The molecule has 0 bridgehead atoms. The van der Waals surface area contributed by atoms with E-state index in [1.54, 1.807) is 0 Å². The summed E-state index contributed by atoms with van der Waals surface area (Å²) in [7, 11) is 0. The van der Waals surface area contributed by atoms with Gasteiger partial charge >= 0.3 is 0 Å². The van der Waals surface area contributed by atoms with E-state index >= 15 is 0 Å². The Morgan fingerprint density at radius 2 is 1.79 bits per heavy atom. The molecule has 0 saturated carbocycles. The van der Waals surface area contributed by atoms with E-state index in [-0.39, 0.29) is 17.6 Å². The first-order valence-corrected chi connectivity index (χ1v) is 10.4. The van der Waals surface area contributed by atoms with E-state index in [1.165, 1.54) is 11.8 Å². The molecule has 144 valence electrons. The molecule has 2 aromatic carbocycles. The van der Waals surface area contributed by atoms with Crippen LogP contribution < -0.4 is 16.4 Å². The Kier molecular flexibility index (Phi) is 6.83. The van der Waals surface area contributed by atoms with Crippen LogP contribution in [0, 0.1) is 6.92 Å². The fourth-order valence-corrected chi connectivity index (χ4v) is 3.43. The van der Waals surface area contributed by atoms with Crippen LogP contribution in [0.4, 0.5) is 23.3 Å². The standard InChI is InChI=1S/C19H19BrN6OS/c1-12-6-2-4-8-14(12)23-19-25-16(24-18(21)26-19)10-28-11-17(27)22-15-9-5-3-7-13(15)20/h2-9H,10-11H2,1H3,(H,22,27)(H3,21,23,24,25,26). The second-order valence-electron chi connectivity index (χ2n) is 5.89. The lowest BCUT2D eigenvalue weighted by molar-refractivity contribution is -0.113.